The van der Waals surface area contributed by atoms with E-state index in [1.807, 2.05) is 19.1 Å². The molecule has 6 heteroatoms. The molecule has 0 amide bonds. The van der Waals surface area contributed by atoms with Crippen molar-refractivity contribution >= 4 is 21.4 Å². The molecule has 2 heterocycles. The minimum atomic E-state index is -3.46. The Morgan fingerprint density at radius 2 is 1.68 bits per heavy atom. The first-order valence-corrected chi connectivity index (χ1v) is 9.40. The summed E-state index contributed by atoms with van der Waals surface area (Å²) < 4.78 is 23.7. The average molecular weight is 371 g/mol. The fraction of sp³-hybridized carbons (Fsp3) is 0.0526. The summed E-state index contributed by atoms with van der Waals surface area (Å²) in [6, 6.07) is 12.2. The molecular weight excluding hydrogens is 356 g/mol. The quantitative estimate of drug-likeness (QED) is 0.668. The zero-order valence-corrected chi connectivity index (χ0v) is 15.1. The van der Waals surface area contributed by atoms with Gasteiger partial charge in [0.25, 0.3) is 0 Å². The van der Waals surface area contributed by atoms with Crippen LogP contribution in [-0.4, -0.2) is 18.4 Å². The number of nitrogens with zero attached hydrogens (tertiary/aromatic N) is 2. The van der Waals surface area contributed by atoms with Crippen molar-refractivity contribution in [1.29, 1.82) is 0 Å². The van der Waals surface area contributed by atoms with Gasteiger partial charge in [-0.1, -0.05) is 30.3 Å². The molecule has 0 unspecified atom stereocenters. The molecule has 3 rings (SSSR count). The molecule has 0 bridgehead atoms. The number of halogens is 1. The molecule has 25 heavy (non-hydrogen) atoms. The lowest BCUT2D eigenvalue weighted by Gasteiger charge is -2.10. The van der Waals surface area contributed by atoms with Crippen molar-refractivity contribution < 1.29 is 8.42 Å². The highest BCUT2D eigenvalue weighted by atomic mass is 35.5. The van der Waals surface area contributed by atoms with E-state index in [2.05, 4.69) is 16.5 Å². The number of pyridine rings is 2. The summed E-state index contributed by atoms with van der Waals surface area (Å²) in [4.78, 5) is 8.94. The first kappa shape index (κ1) is 17.3. The second-order valence-corrected chi connectivity index (χ2v) is 7.81. The lowest BCUT2D eigenvalue weighted by molar-refractivity contribution is 0.604. The van der Waals surface area contributed by atoms with E-state index in [9.17, 15) is 8.42 Å². The highest BCUT2D eigenvalue weighted by Gasteiger charge is 2.13. The molecular formula is C19H15ClN2O2S. The van der Waals surface area contributed by atoms with E-state index in [0.717, 1.165) is 33.5 Å². The van der Waals surface area contributed by atoms with Crippen LogP contribution in [0.1, 0.15) is 5.69 Å². The maximum absolute atomic E-state index is 11.9. The first-order valence-electron chi connectivity index (χ1n) is 7.47. The molecule has 0 aliphatic carbocycles. The zero-order valence-electron chi connectivity index (χ0n) is 13.5. The number of hydrogen-bond donors (Lipinski definition) is 0. The third-order valence-electron chi connectivity index (χ3n) is 3.75. The van der Waals surface area contributed by atoms with Crippen molar-refractivity contribution in [2.45, 2.75) is 11.8 Å². The van der Waals surface area contributed by atoms with Crippen LogP contribution >= 0.6 is 11.6 Å². The van der Waals surface area contributed by atoms with Gasteiger partial charge in [-0.15, -0.1) is 0 Å². The van der Waals surface area contributed by atoms with Gasteiger partial charge < -0.3 is 0 Å². The van der Waals surface area contributed by atoms with E-state index >= 15 is 0 Å². The zero-order chi connectivity index (χ0) is 18.0. The van der Waals surface area contributed by atoms with Crippen LogP contribution in [0, 0.1) is 6.92 Å². The first-order chi connectivity index (χ1) is 11.9. The number of aromatic nitrogens is 2. The van der Waals surface area contributed by atoms with Crippen LogP contribution in [0.5, 0.6) is 0 Å². The molecule has 3 aromatic rings. The number of benzene rings is 1. The molecule has 0 N–H and O–H groups in total. The van der Waals surface area contributed by atoms with Gasteiger partial charge in [0.2, 0.25) is 0 Å². The predicted octanol–water partition coefficient (Wildman–Crippen LogP) is 4.69. The van der Waals surface area contributed by atoms with Crippen molar-refractivity contribution in [2.24, 2.45) is 0 Å². The molecule has 2 aromatic heterocycles. The van der Waals surface area contributed by atoms with Gasteiger partial charge in [-0.2, -0.15) is 0 Å². The van der Waals surface area contributed by atoms with Crippen molar-refractivity contribution in [2.75, 3.05) is 0 Å². The van der Waals surface area contributed by atoms with E-state index in [4.69, 9.17) is 11.6 Å². The second kappa shape index (κ2) is 6.78. The summed E-state index contributed by atoms with van der Waals surface area (Å²) >= 11 is 6.12. The van der Waals surface area contributed by atoms with Gasteiger partial charge >= 0.3 is 0 Å². The lowest BCUT2D eigenvalue weighted by Crippen LogP contribution is -1.96. The van der Waals surface area contributed by atoms with Crippen LogP contribution < -0.4 is 0 Å². The number of aryl methyl sites for hydroxylation is 1. The number of rotatable bonds is 4. The summed E-state index contributed by atoms with van der Waals surface area (Å²) in [7, 11) is -3.46. The lowest BCUT2D eigenvalue weighted by atomic mass is 10.0. The SMILES string of the molecule is C=CS(=O)(=O)c1ccc(-c2cc(Cl)cnc2-c2ccc(C)nc2)cc1. The smallest absolute Gasteiger partial charge is 0.199 e. The predicted molar refractivity (Wildman–Crippen MR) is 100 cm³/mol. The summed E-state index contributed by atoms with van der Waals surface area (Å²) in [6.07, 6.45) is 3.34. The van der Waals surface area contributed by atoms with Gasteiger partial charge in [-0.25, -0.2) is 8.42 Å². The molecule has 0 aliphatic rings. The molecule has 0 spiro atoms. The molecule has 0 fully saturated rings. The van der Waals surface area contributed by atoms with E-state index in [-0.39, 0.29) is 4.90 Å². The third kappa shape index (κ3) is 3.62. The molecule has 0 saturated carbocycles. The molecule has 0 saturated heterocycles. The summed E-state index contributed by atoms with van der Waals surface area (Å²) in [5.74, 6) is 0. The van der Waals surface area contributed by atoms with Gasteiger partial charge in [-0.05, 0) is 42.8 Å². The Morgan fingerprint density at radius 3 is 2.28 bits per heavy atom. The van der Waals surface area contributed by atoms with Crippen LogP contribution in [0.3, 0.4) is 0 Å². The minimum absolute atomic E-state index is 0.194. The molecule has 0 aliphatic heterocycles. The molecule has 4 nitrogen and oxygen atoms in total. The Bertz CT molecular complexity index is 1030. The van der Waals surface area contributed by atoms with E-state index in [0.29, 0.717) is 5.02 Å². The summed E-state index contributed by atoms with van der Waals surface area (Å²) in [5.41, 5.74) is 4.13. The molecule has 0 atom stereocenters. The monoisotopic (exact) mass is 370 g/mol. The Labute approximate surface area is 151 Å². The maximum atomic E-state index is 11.9. The van der Waals surface area contributed by atoms with Gasteiger partial charge in [-0.3, -0.25) is 9.97 Å². The number of hydrogen-bond acceptors (Lipinski definition) is 4. The van der Waals surface area contributed by atoms with Crippen LogP contribution in [0.4, 0.5) is 0 Å². The van der Waals surface area contributed by atoms with Gasteiger partial charge in [0.15, 0.2) is 9.84 Å². The molecule has 1 aromatic carbocycles. The Balaban J connectivity index is 2.12. The molecule has 126 valence electrons. The normalized spacial score (nSPS) is 11.3. The third-order valence-corrected chi connectivity index (χ3v) is 5.33. The highest BCUT2D eigenvalue weighted by Crippen LogP contribution is 2.32. The maximum Gasteiger partial charge on any atom is 0.199 e. The van der Waals surface area contributed by atoms with Crippen molar-refractivity contribution in [3.63, 3.8) is 0 Å². The van der Waals surface area contributed by atoms with Crippen LogP contribution in [0.25, 0.3) is 22.4 Å². The Hall–Kier alpha value is -2.50. The standard InChI is InChI=1S/C19H15ClN2O2S/c1-3-25(23,24)17-8-6-14(7-9-17)18-10-16(20)12-22-19(18)15-5-4-13(2)21-11-15/h3-12H,1H2,2H3. The summed E-state index contributed by atoms with van der Waals surface area (Å²) in [5, 5.41) is 1.44. The van der Waals surface area contributed by atoms with Crippen LogP contribution in [-0.2, 0) is 9.84 Å². The molecule has 0 radical (unpaired) electrons. The van der Waals surface area contributed by atoms with E-state index in [1.54, 1.807) is 42.7 Å². The Kier molecular flexibility index (Phi) is 4.70. The fourth-order valence-corrected chi connectivity index (χ4v) is 3.28. The van der Waals surface area contributed by atoms with Crippen molar-refractivity contribution in [1.82, 2.24) is 9.97 Å². The van der Waals surface area contributed by atoms with E-state index in [1.165, 1.54) is 0 Å². The van der Waals surface area contributed by atoms with Crippen LogP contribution in [0.2, 0.25) is 5.02 Å². The van der Waals surface area contributed by atoms with E-state index < -0.39 is 9.84 Å². The van der Waals surface area contributed by atoms with Gasteiger partial charge in [0.05, 0.1) is 15.6 Å². The van der Waals surface area contributed by atoms with Crippen molar-refractivity contribution in [3.8, 4) is 22.4 Å². The van der Waals surface area contributed by atoms with Gasteiger partial charge in [0, 0.05) is 34.6 Å². The number of sulfone groups is 1. The van der Waals surface area contributed by atoms with Crippen LogP contribution in [0.15, 0.2) is 71.7 Å². The topological polar surface area (TPSA) is 59.9 Å². The highest BCUT2D eigenvalue weighted by molar-refractivity contribution is 7.94. The van der Waals surface area contributed by atoms with Gasteiger partial charge in [0.1, 0.15) is 0 Å². The van der Waals surface area contributed by atoms with Crippen molar-refractivity contribution in [3.05, 3.63) is 77.6 Å². The summed E-state index contributed by atoms with van der Waals surface area (Å²) in [6.45, 7) is 5.25. The average Bonchev–Trinajstić information content (AvgIpc) is 2.62. The second-order valence-electron chi connectivity index (χ2n) is 5.47. The minimum Gasteiger partial charge on any atom is -0.261 e. The fourth-order valence-electron chi connectivity index (χ4n) is 2.42. The Morgan fingerprint density at radius 1 is 1.00 bits per heavy atom. The largest absolute Gasteiger partial charge is 0.261 e.